The van der Waals surface area contributed by atoms with Gasteiger partial charge in [-0.1, -0.05) is 35.3 Å². The highest BCUT2D eigenvalue weighted by Crippen LogP contribution is 2.17. The summed E-state index contributed by atoms with van der Waals surface area (Å²) < 4.78 is 0. The van der Waals surface area contributed by atoms with Crippen molar-refractivity contribution in [2.24, 2.45) is 0 Å². The van der Waals surface area contributed by atoms with Crippen molar-refractivity contribution in [3.05, 3.63) is 64.1 Å². The lowest BCUT2D eigenvalue weighted by Crippen LogP contribution is -2.38. The van der Waals surface area contributed by atoms with Crippen LogP contribution >= 0.6 is 23.2 Å². The average Bonchev–Trinajstić information content (AvgIpc) is 2.54. The fraction of sp³-hybridized carbons (Fsp3) is 0.222. The van der Waals surface area contributed by atoms with E-state index in [1.165, 1.54) is 6.92 Å². The highest BCUT2D eigenvalue weighted by atomic mass is 35.5. The van der Waals surface area contributed by atoms with E-state index in [1.807, 2.05) is 12.1 Å². The number of nitrogens with one attached hydrogen (secondary N) is 1. The number of rotatable bonds is 6. The van der Waals surface area contributed by atoms with E-state index in [4.69, 9.17) is 23.2 Å². The second-order valence-electron chi connectivity index (χ2n) is 5.30. The molecular weight excluding hydrogens is 347 g/mol. The molecule has 0 aromatic heterocycles. The second kappa shape index (κ2) is 8.71. The van der Waals surface area contributed by atoms with Crippen LogP contribution in [-0.2, 0) is 16.0 Å². The number of carbonyl (C=O) groups excluding carboxylic acids is 2. The van der Waals surface area contributed by atoms with E-state index in [9.17, 15) is 9.59 Å². The van der Waals surface area contributed by atoms with Gasteiger partial charge < -0.3 is 10.2 Å². The van der Waals surface area contributed by atoms with Crippen LogP contribution in [0.15, 0.2) is 48.5 Å². The average molecular weight is 365 g/mol. The zero-order valence-electron chi connectivity index (χ0n) is 13.3. The Morgan fingerprint density at radius 2 is 1.50 bits per heavy atom. The van der Waals surface area contributed by atoms with E-state index in [0.717, 1.165) is 11.3 Å². The zero-order valence-corrected chi connectivity index (χ0v) is 14.8. The van der Waals surface area contributed by atoms with Crippen molar-refractivity contribution < 1.29 is 9.59 Å². The second-order valence-corrected chi connectivity index (χ2v) is 6.17. The molecule has 6 heteroatoms. The summed E-state index contributed by atoms with van der Waals surface area (Å²) in [5, 5.41) is 4.07. The van der Waals surface area contributed by atoms with E-state index in [1.54, 1.807) is 41.3 Å². The Hall–Kier alpha value is -2.04. The molecule has 0 radical (unpaired) electrons. The van der Waals surface area contributed by atoms with Gasteiger partial charge in [-0.2, -0.15) is 0 Å². The molecule has 0 aliphatic carbocycles. The normalized spacial score (nSPS) is 10.3. The summed E-state index contributed by atoms with van der Waals surface area (Å²) in [5.74, 6) is -0.193. The molecule has 0 heterocycles. The number of nitrogens with zero attached hydrogens (tertiary/aromatic N) is 1. The van der Waals surface area contributed by atoms with Gasteiger partial charge in [-0.25, -0.2) is 0 Å². The molecule has 0 atom stereocenters. The number of hydrogen-bond acceptors (Lipinski definition) is 2. The number of carbonyl (C=O) groups is 2. The summed E-state index contributed by atoms with van der Waals surface area (Å²) in [4.78, 5) is 25.4. The Balaban J connectivity index is 1.86. The molecule has 0 bridgehead atoms. The molecule has 2 amide bonds. The molecule has 1 N–H and O–H groups in total. The van der Waals surface area contributed by atoms with Crippen LogP contribution in [0.1, 0.15) is 12.5 Å². The van der Waals surface area contributed by atoms with Gasteiger partial charge in [0, 0.05) is 35.7 Å². The van der Waals surface area contributed by atoms with Gasteiger partial charge >= 0.3 is 0 Å². The van der Waals surface area contributed by atoms with Crippen LogP contribution in [0.5, 0.6) is 0 Å². The molecule has 2 aromatic carbocycles. The largest absolute Gasteiger partial charge is 0.354 e. The molecular formula is C18H18Cl2N2O2. The quantitative estimate of drug-likeness (QED) is 0.849. The van der Waals surface area contributed by atoms with Crippen molar-refractivity contribution in [2.75, 3.05) is 18.0 Å². The first kappa shape index (κ1) is 18.3. The van der Waals surface area contributed by atoms with Crippen molar-refractivity contribution in [3.63, 3.8) is 0 Å². The summed E-state index contributed by atoms with van der Waals surface area (Å²) in [5.41, 5.74) is 1.64. The molecule has 126 valence electrons. The molecule has 0 spiro atoms. The summed E-state index contributed by atoms with van der Waals surface area (Å²) in [6, 6.07) is 14.1. The number of anilines is 1. The fourth-order valence-corrected chi connectivity index (χ4v) is 2.50. The first-order valence-corrected chi connectivity index (χ1v) is 8.26. The Morgan fingerprint density at radius 1 is 0.958 bits per heavy atom. The number of hydrogen-bond donors (Lipinski definition) is 1. The molecule has 2 rings (SSSR count). The third kappa shape index (κ3) is 5.55. The van der Waals surface area contributed by atoms with Gasteiger partial charge in [0.15, 0.2) is 0 Å². The van der Waals surface area contributed by atoms with E-state index in [2.05, 4.69) is 5.32 Å². The number of benzene rings is 2. The Kier molecular flexibility index (Phi) is 6.64. The minimum Gasteiger partial charge on any atom is -0.354 e. The van der Waals surface area contributed by atoms with Gasteiger partial charge in [0.2, 0.25) is 11.8 Å². The fourth-order valence-electron chi connectivity index (χ4n) is 2.25. The van der Waals surface area contributed by atoms with Crippen molar-refractivity contribution in [1.29, 1.82) is 0 Å². The van der Waals surface area contributed by atoms with Crippen LogP contribution in [0.3, 0.4) is 0 Å². The maximum atomic E-state index is 12.0. The lowest BCUT2D eigenvalue weighted by molar-refractivity contribution is -0.121. The van der Waals surface area contributed by atoms with Crippen LogP contribution in [0.2, 0.25) is 10.0 Å². The molecule has 0 unspecified atom stereocenters. The Bertz CT molecular complexity index is 700. The summed E-state index contributed by atoms with van der Waals surface area (Å²) in [6.07, 6.45) is 0.276. The molecule has 0 saturated carbocycles. The third-order valence-corrected chi connectivity index (χ3v) is 3.96. The lowest BCUT2D eigenvalue weighted by Gasteiger charge is -2.21. The minimum absolute atomic E-state index is 0.0933. The van der Waals surface area contributed by atoms with E-state index in [0.29, 0.717) is 23.1 Å². The molecule has 4 nitrogen and oxygen atoms in total. The van der Waals surface area contributed by atoms with Crippen molar-refractivity contribution >= 4 is 40.7 Å². The van der Waals surface area contributed by atoms with Crippen LogP contribution in [0, 0.1) is 0 Å². The van der Waals surface area contributed by atoms with Crippen LogP contribution in [0.25, 0.3) is 0 Å². The lowest BCUT2D eigenvalue weighted by atomic mass is 10.1. The van der Waals surface area contributed by atoms with Crippen LogP contribution in [-0.4, -0.2) is 24.9 Å². The SMILES string of the molecule is CC(=O)N(CCNC(=O)Cc1ccc(Cl)cc1)c1ccc(Cl)cc1. The zero-order chi connectivity index (χ0) is 17.5. The van der Waals surface area contributed by atoms with Gasteiger partial charge in [-0.05, 0) is 42.0 Å². The molecule has 0 saturated heterocycles. The van der Waals surface area contributed by atoms with Crippen molar-refractivity contribution in [1.82, 2.24) is 5.32 Å². The standard InChI is InChI=1S/C18H18Cl2N2O2/c1-13(23)22(17-8-6-16(20)7-9-17)11-10-21-18(24)12-14-2-4-15(19)5-3-14/h2-9H,10-12H2,1H3,(H,21,24). The Labute approximate surface area is 151 Å². The molecule has 0 aliphatic heterocycles. The van der Waals surface area contributed by atoms with Crippen molar-refractivity contribution in [2.45, 2.75) is 13.3 Å². The van der Waals surface area contributed by atoms with Gasteiger partial charge in [0.25, 0.3) is 0 Å². The summed E-state index contributed by atoms with van der Waals surface area (Å²) in [7, 11) is 0. The third-order valence-electron chi connectivity index (χ3n) is 3.45. The number of halogens is 2. The van der Waals surface area contributed by atoms with Gasteiger partial charge in [-0.3, -0.25) is 9.59 Å². The smallest absolute Gasteiger partial charge is 0.224 e. The van der Waals surface area contributed by atoms with E-state index >= 15 is 0 Å². The molecule has 0 fully saturated rings. The first-order chi connectivity index (χ1) is 11.5. The highest BCUT2D eigenvalue weighted by molar-refractivity contribution is 6.30. The van der Waals surface area contributed by atoms with Crippen LogP contribution in [0.4, 0.5) is 5.69 Å². The minimum atomic E-state index is -0.100. The maximum absolute atomic E-state index is 12.0. The summed E-state index contributed by atoms with van der Waals surface area (Å²) in [6.45, 7) is 2.25. The van der Waals surface area contributed by atoms with Gasteiger partial charge in [-0.15, -0.1) is 0 Å². The predicted octanol–water partition coefficient (Wildman–Crippen LogP) is 3.71. The highest BCUT2D eigenvalue weighted by Gasteiger charge is 2.12. The van der Waals surface area contributed by atoms with Crippen LogP contribution < -0.4 is 10.2 Å². The summed E-state index contributed by atoms with van der Waals surface area (Å²) >= 11 is 11.7. The van der Waals surface area contributed by atoms with E-state index in [-0.39, 0.29) is 18.2 Å². The molecule has 0 aliphatic rings. The van der Waals surface area contributed by atoms with Crippen molar-refractivity contribution in [3.8, 4) is 0 Å². The maximum Gasteiger partial charge on any atom is 0.224 e. The first-order valence-electron chi connectivity index (χ1n) is 7.50. The van der Waals surface area contributed by atoms with Gasteiger partial charge in [0.1, 0.15) is 0 Å². The molecule has 2 aromatic rings. The number of amides is 2. The monoisotopic (exact) mass is 364 g/mol. The molecule has 24 heavy (non-hydrogen) atoms. The Morgan fingerprint density at radius 3 is 2.04 bits per heavy atom. The predicted molar refractivity (Wildman–Crippen MR) is 97.6 cm³/mol. The van der Waals surface area contributed by atoms with Gasteiger partial charge in [0.05, 0.1) is 6.42 Å². The topological polar surface area (TPSA) is 49.4 Å². The van der Waals surface area contributed by atoms with E-state index < -0.39 is 0 Å².